The van der Waals surface area contributed by atoms with Crippen molar-refractivity contribution in [3.63, 3.8) is 0 Å². The van der Waals surface area contributed by atoms with Crippen LogP contribution in [0.1, 0.15) is 25.0 Å². The first-order valence-electron chi connectivity index (χ1n) is 4.85. The lowest BCUT2D eigenvalue weighted by Crippen LogP contribution is -2.35. The zero-order chi connectivity index (χ0) is 9.10. The maximum absolute atomic E-state index is 7.94. The van der Waals surface area contributed by atoms with Gasteiger partial charge in [0, 0.05) is 19.3 Å². The summed E-state index contributed by atoms with van der Waals surface area (Å²) < 4.78 is 0. The highest BCUT2D eigenvalue weighted by Gasteiger charge is 2.14. The van der Waals surface area contributed by atoms with Crippen molar-refractivity contribution < 1.29 is 0 Å². The van der Waals surface area contributed by atoms with Crippen molar-refractivity contribution >= 4 is 5.84 Å². The molecule has 1 aliphatic rings. The number of rotatable bonds is 1. The number of likely N-dealkylation sites (tertiary alicyclic amines) is 1. The van der Waals surface area contributed by atoms with Crippen molar-refractivity contribution in [1.29, 1.82) is 5.41 Å². The smallest absolute Gasteiger partial charge is 0.144 e. The first-order valence-corrected chi connectivity index (χ1v) is 4.85. The lowest BCUT2D eigenvalue weighted by molar-refractivity contribution is 0.340. The molecule has 0 radical (unpaired) electrons. The van der Waals surface area contributed by atoms with Gasteiger partial charge in [-0.15, -0.1) is 0 Å². The molecule has 1 aromatic heterocycles. The number of aromatic nitrogens is 1. The van der Waals surface area contributed by atoms with Crippen LogP contribution in [0.3, 0.4) is 0 Å². The number of piperidine rings is 1. The first kappa shape index (κ1) is 8.35. The minimum absolute atomic E-state index is 0.643. The molecule has 0 unspecified atom stereocenters. The Balaban J connectivity index is 2.04. The van der Waals surface area contributed by atoms with E-state index < -0.39 is 0 Å². The summed E-state index contributed by atoms with van der Waals surface area (Å²) in [6.45, 7) is 2.08. The Hall–Kier alpha value is -1.25. The van der Waals surface area contributed by atoms with Gasteiger partial charge in [-0.3, -0.25) is 5.41 Å². The van der Waals surface area contributed by atoms with Gasteiger partial charge >= 0.3 is 0 Å². The summed E-state index contributed by atoms with van der Waals surface area (Å²) in [5, 5.41) is 7.94. The highest BCUT2D eigenvalue weighted by molar-refractivity contribution is 5.94. The Morgan fingerprint density at radius 2 is 2.08 bits per heavy atom. The minimum Gasteiger partial charge on any atom is -0.359 e. The third-order valence-corrected chi connectivity index (χ3v) is 2.53. The van der Waals surface area contributed by atoms with E-state index in [2.05, 4.69) is 9.88 Å². The highest BCUT2D eigenvalue weighted by Crippen LogP contribution is 2.11. The Labute approximate surface area is 78.3 Å². The second-order valence-corrected chi connectivity index (χ2v) is 3.48. The third kappa shape index (κ3) is 1.74. The summed E-state index contributed by atoms with van der Waals surface area (Å²) >= 11 is 0. The van der Waals surface area contributed by atoms with Crippen LogP contribution in [-0.2, 0) is 0 Å². The molecule has 1 aliphatic heterocycles. The predicted molar refractivity (Wildman–Crippen MR) is 53.0 cm³/mol. The van der Waals surface area contributed by atoms with Gasteiger partial charge in [0.25, 0.3) is 0 Å². The summed E-state index contributed by atoms with van der Waals surface area (Å²) in [7, 11) is 0. The van der Waals surface area contributed by atoms with E-state index >= 15 is 0 Å². The van der Waals surface area contributed by atoms with Crippen LogP contribution in [0, 0.1) is 5.41 Å². The Bertz CT molecular complexity index is 270. The molecule has 1 saturated heterocycles. The predicted octanol–water partition coefficient (Wildman–Crippen LogP) is 1.83. The quantitative estimate of drug-likeness (QED) is 0.498. The molecule has 0 aromatic carbocycles. The van der Waals surface area contributed by atoms with Crippen molar-refractivity contribution in [3.05, 3.63) is 24.0 Å². The van der Waals surface area contributed by atoms with Crippen molar-refractivity contribution in [1.82, 2.24) is 9.88 Å². The summed E-state index contributed by atoms with van der Waals surface area (Å²) in [5.41, 5.74) is 0.932. The van der Waals surface area contributed by atoms with E-state index in [-0.39, 0.29) is 0 Å². The zero-order valence-corrected chi connectivity index (χ0v) is 7.71. The van der Waals surface area contributed by atoms with Crippen molar-refractivity contribution in [3.8, 4) is 0 Å². The molecule has 3 heteroatoms. The monoisotopic (exact) mass is 177 g/mol. The van der Waals surface area contributed by atoms with Crippen LogP contribution in [0.2, 0.25) is 0 Å². The second-order valence-electron chi connectivity index (χ2n) is 3.48. The number of hydrogen-bond donors (Lipinski definition) is 2. The molecule has 2 heterocycles. The zero-order valence-electron chi connectivity index (χ0n) is 7.71. The number of amidine groups is 1. The number of hydrogen-bond acceptors (Lipinski definition) is 1. The van der Waals surface area contributed by atoms with Gasteiger partial charge in [-0.05, 0) is 31.4 Å². The molecule has 0 bridgehead atoms. The summed E-state index contributed by atoms with van der Waals surface area (Å²) in [6.07, 6.45) is 5.63. The summed E-state index contributed by atoms with van der Waals surface area (Å²) in [4.78, 5) is 5.22. The maximum atomic E-state index is 7.94. The van der Waals surface area contributed by atoms with E-state index in [1.165, 1.54) is 19.3 Å². The molecule has 13 heavy (non-hydrogen) atoms. The average molecular weight is 177 g/mol. The lowest BCUT2D eigenvalue weighted by Gasteiger charge is -2.28. The molecule has 1 aromatic rings. The van der Waals surface area contributed by atoms with Gasteiger partial charge < -0.3 is 9.88 Å². The van der Waals surface area contributed by atoms with Crippen molar-refractivity contribution in [2.45, 2.75) is 19.3 Å². The molecule has 70 valence electrons. The molecule has 3 nitrogen and oxygen atoms in total. The molecule has 0 atom stereocenters. The van der Waals surface area contributed by atoms with Gasteiger partial charge in [-0.25, -0.2) is 0 Å². The molecule has 2 N–H and O–H groups in total. The molecule has 2 rings (SSSR count). The van der Waals surface area contributed by atoms with Gasteiger partial charge in [-0.1, -0.05) is 0 Å². The molecule has 0 spiro atoms. The van der Waals surface area contributed by atoms with Gasteiger partial charge in [0.15, 0.2) is 0 Å². The first-order chi connectivity index (χ1) is 6.38. The number of nitrogens with one attached hydrogen (secondary N) is 2. The van der Waals surface area contributed by atoms with Gasteiger partial charge in [0.2, 0.25) is 0 Å². The molecule has 0 saturated carbocycles. The van der Waals surface area contributed by atoms with E-state index in [9.17, 15) is 0 Å². The minimum atomic E-state index is 0.643. The van der Waals surface area contributed by atoms with Crippen molar-refractivity contribution in [2.75, 3.05) is 13.1 Å². The number of nitrogens with zero attached hydrogens (tertiary/aromatic N) is 1. The van der Waals surface area contributed by atoms with Crippen LogP contribution >= 0.6 is 0 Å². The fraction of sp³-hybridized carbons (Fsp3) is 0.500. The van der Waals surface area contributed by atoms with Crippen LogP contribution in [0.4, 0.5) is 0 Å². The number of H-pyrrole nitrogens is 1. The standard InChI is InChI=1S/C10H15N3/c11-10(9-5-4-6-12-9)13-7-2-1-3-8-13/h4-6,11-12H,1-3,7-8H2. The van der Waals surface area contributed by atoms with Gasteiger partial charge in [0.1, 0.15) is 5.84 Å². The summed E-state index contributed by atoms with van der Waals surface area (Å²) in [6, 6.07) is 3.89. The van der Waals surface area contributed by atoms with Crippen LogP contribution in [0.15, 0.2) is 18.3 Å². The van der Waals surface area contributed by atoms with Crippen LogP contribution in [0.5, 0.6) is 0 Å². The van der Waals surface area contributed by atoms with E-state index in [4.69, 9.17) is 5.41 Å². The van der Waals surface area contributed by atoms with Gasteiger partial charge in [0.05, 0.1) is 5.69 Å². The van der Waals surface area contributed by atoms with E-state index in [1.54, 1.807) is 0 Å². The summed E-state index contributed by atoms with van der Waals surface area (Å²) in [5.74, 6) is 0.643. The largest absolute Gasteiger partial charge is 0.359 e. The topological polar surface area (TPSA) is 42.9 Å². The maximum Gasteiger partial charge on any atom is 0.144 e. The highest BCUT2D eigenvalue weighted by atomic mass is 15.2. The fourth-order valence-corrected chi connectivity index (χ4v) is 1.77. The Morgan fingerprint density at radius 1 is 1.31 bits per heavy atom. The average Bonchev–Trinajstić information content (AvgIpc) is 2.71. The van der Waals surface area contributed by atoms with Crippen LogP contribution in [-0.4, -0.2) is 28.8 Å². The third-order valence-electron chi connectivity index (χ3n) is 2.53. The normalized spacial score (nSPS) is 17.4. The SMILES string of the molecule is N=C(c1ccc[nH]1)N1CCCCC1. The molecular formula is C10H15N3. The Kier molecular flexibility index (Phi) is 2.34. The second kappa shape index (κ2) is 3.64. The lowest BCUT2D eigenvalue weighted by atomic mass is 10.1. The Morgan fingerprint density at radius 3 is 2.69 bits per heavy atom. The fourth-order valence-electron chi connectivity index (χ4n) is 1.77. The van der Waals surface area contributed by atoms with Crippen LogP contribution < -0.4 is 0 Å². The van der Waals surface area contributed by atoms with Gasteiger partial charge in [-0.2, -0.15) is 0 Å². The molecule has 0 aliphatic carbocycles. The number of aromatic amines is 1. The molecule has 0 amide bonds. The van der Waals surface area contributed by atoms with E-state index in [0.29, 0.717) is 5.84 Å². The van der Waals surface area contributed by atoms with Crippen LogP contribution in [0.25, 0.3) is 0 Å². The molecular weight excluding hydrogens is 162 g/mol. The molecule has 1 fully saturated rings. The van der Waals surface area contributed by atoms with Crippen molar-refractivity contribution in [2.24, 2.45) is 0 Å². The van der Waals surface area contributed by atoms with E-state index in [0.717, 1.165) is 18.8 Å². The van der Waals surface area contributed by atoms with E-state index in [1.807, 2.05) is 18.3 Å².